The van der Waals surface area contributed by atoms with E-state index in [1.807, 2.05) is 6.07 Å². The van der Waals surface area contributed by atoms with Gasteiger partial charge in [-0.3, -0.25) is 4.79 Å². The Morgan fingerprint density at radius 2 is 1.96 bits per heavy atom. The van der Waals surface area contributed by atoms with Crippen LogP contribution in [0.4, 0.5) is 0 Å². The third-order valence-corrected chi connectivity index (χ3v) is 5.09. The molecule has 2 fully saturated rings. The normalized spacial score (nSPS) is 25.4. The Balaban J connectivity index is 1.51. The van der Waals surface area contributed by atoms with Crippen LogP contribution in [-0.4, -0.2) is 28.2 Å². The van der Waals surface area contributed by atoms with E-state index in [9.17, 15) is 4.79 Å². The molecule has 0 atom stereocenters. The molecular formula is C18H26N2O3. The Labute approximate surface area is 137 Å². The molecule has 0 aromatic carbocycles. The quantitative estimate of drug-likeness (QED) is 0.843. The van der Waals surface area contributed by atoms with Gasteiger partial charge in [-0.1, -0.05) is 6.07 Å². The van der Waals surface area contributed by atoms with Crippen LogP contribution in [0.25, 0.3) is 0 Å². The molecule has 0 saturated heterocycles. The van der Waals surface area contributed by atoms with Gasteiger partial charge in [-0.25, -0.2) is 4.98 Å². The molecule has 1 aromatic rings. The summed E-state index contributed by atoms with van der Waals surface area (Å²) in [4.78, 5) is 15.4. The lowest BCUT2D eigenvalue weighted by Gasteiger charge is -2.27. The number of nitrogens with one attached hydrogen (secondary N) is 1. The topological polar surface area (TPSA) is 71.5 Å². The van der Waals surface area contributed by atoms with Crippen LogP contribution in [0.5, 0.6) is 5.88 Å². The Morgan fingerprint density at radius 3 is 2.65 bits per heavy atom. The third kappa shape index (κ3) is 4.44. The molecule has 2 N–H and O–H groups in total. The summed E-state index contributed by atoms with van der Waals surface area (Å²) in [6.07, 6.45) is 10.2. The summed E-state index contributed by atoms with van der Waals surface area (Å²) in [5, 5.41) is 12.6. The van der Waals surface area contributed by atoms with E-state index in [1.54, 1.807) is 6.20 Å². The summed E-state index contributed by atoms with van der Waals surface area (Å²) >= 11 is 0. The SMILES string of the molecule is O=C(O)C1CCC(NCc2cccnc2OC2CCCC2)CC1. The van der Waals surface area contributed by atoms with E-state index in [0.717, 1.165) is 56.5 Å². The lowest BCUT2D eigenvalue weighted by Crippen LogP contribution is -2.34. The molecule has 126 valence electrons. The number of rotatable bonds is 6. The highest BCUT2D eigenvalue weighted by atomic mass is 16.5. The van der Waals surface area contributed by atoms with E-state index in [0.29, 0.717) is 12.1 Å². The lowest BCUT2D eigenvalue weighted by molar-refractivity contribution is -0.142. The standard InChI is InChI=1S/C18H26N2O3/c21-18(22)13-7-9-15(10-8-13)20-12-14-4-3-11-19-17(14)23-16-5-1-2-6-16/h3-4,11,13,15-16,20H,1-2,5-10,12H2,(H,21,22). The molecule has 3 rings (SSSR count). The average Bonchev–Trinajstić information content (AvgIpc) is 3.07. The van der Waals surface area contributed by atoms with Crippen LogP contribution in [0.2, 0.25) is 0 Å². The summed E-state index contributed by atoms with van der Waals surface area (Å²) in [6.45, 7) is 0.734. The molecule has 1 aromatic heterocycles. The molecule has 2 aliphatic rings. The number of pyridine rings is 1. The van der Waals surface area contributed by atoms with Crippen molar-refractivity contribution in [2.75, 3.05) is 0 Å². The maximum Gasteiger partial charge on any atom is 0.306 e. The van der Waals surface area contributed by atoms with E-state index in [-0.39, 0.29) is 5.92 Å². The molecule has 0 radical (unpaired) electrons. The number of aliphatic carboxylic acids is 1. The average molecular weight is 318 g/mol. The summed E-state index contributed by atoms with van der Waals surface area (Å²) in [6, 6.07) is 4.40. The molecule has 0 amide bonds. The lowest BCUT2D eigenvalue weighted by atomic mass is 9.86. The predicted molar refractivity (Wildman–Crippen MR) is 87.3 cm³/mol. The molecule has 23 heavy (non-hydrogen) atoms. The number of hydrogen-bond acceptors (Lipinski definition) is 4. The molecule has 2 saturated carbocycles. The first-order valence-electron chi connectivity index (χ1n) is 8.79. The molecule has 0 unspecified atom stereocenters. The fraction of sp³-hybridized carbons (Fsp3) is 0.667. The van der Waals surface area contributed by atoms with Gasteiger partial charge in [0.2, 0.25) is 5.88 Å². The second-order valence-corrected chi connectivity index (χ2v) is 6.76. The monoisotopic (exact) mass is 318 g/mol. The van der Waals surface area contributed by atoms with Crippen molar-refractivity contribution in [2.45, 2.75) is 70.1 Å². The van der Waals surface area contributed by atoms with Crippen LogP contribution in [0.1, 0.15) is 56.9 Å². The molecule has 5 nitrogen and oxygen atoms in total. The highest BCUT2D eigenvalue weighted by Crippen LogP contribution is 2.27. The minimum atomic E-state index is -0.650. The molecule has 0 bridgehead atoms. The zero-order valence-corrected chi connectivity index (χ0v) is 13.5. The maximum atomic E-state index is 11.0. The van der Waals surface area contributed by atoms with Crippen LogP contribution in [-0.2, 0) is 11.3 Å². The highest BCUT2D eigenvalue weighted by molar-refractivity contribution is 5.70. The number of carboxylic acids is 1. The van der Waals surface area contributed by atoms with Crippen molar-refractivity contribution in [3.63, 3.8) is 0 Å². The number of hydrogen-bond donors (Lipinski definition) is 2. The van der Waals surface area contributed by atoms with Crippen LogP contribution in [0, 0.1) is 5.92 Å². The smallest absolute Gasteiger partial charge is 0.306 e. The number of nitrogens with zero attached hydrogens (tertiary/aromatic N) is 1. The van der Waals surface area contributed by atoms with Crippen LogP contribution in [0.15, 0.2) is 18.3 Å². The van der Waals surface area contributed by atoms with Crippen LogP contribution in [0.3, 0.4) is 0 Å². The van der Waals surface area contributed by atoms with Crippen molar-refractivity contribution >= 4 is 5.97 Å². The fourth-order valence-electron chi connectivity index (χ4n) is 3.63. The highest BCUT2D eigenvalue weighted by Gasteiger charge is 2.26. The van der Waals surface area contributed by atoms with Gasteiger partial charge >= 0.3 is 5.97 Å². The van der Waals surface area contributed by atoms with Gasteiger partial charge in [0, 0.05) is 24.3 Å². The summed E-state index contributed by atoms with van der Waals surface area (Å²) in [7, 11) is 0. The number of aromatic nitrogens is 1. The van der Waals surface area contributed by atoms with Crippen molar-refractivity contribution in [3.8, 4) is 5.88 Å². The van der Waals surface area contributed by atoms with E-state index >= 15 is 0 Å². The molecule has 1 heterocycles. The number of ether oxygens (including phenoxy) is 1. The Kier molecular flexibility index (Phi) is 5.49. The van der Waals surface area contributed by atoms with E-state index in [4.69, 9.17) is 9.84 Å². The summed E-state index contributed by atoms with van der Waals surface area (Å²) < 4.78 is 6.07. The van der Waals surface area contributed by atoms with Crippen molar-refractivity contribution in [1.29, 1.82) is 0 Å². The van der Waals surface area contributed by atoms with Gasteiger partial charge in [-0.05, 0) is 57.4 Å². The molecule has 0 spiro atoms. The second-order valence-electron chi connectivity index (χ2n) is 6.76. The minimum absolute atomic E-state index is 0.160. The van der Waals surface area contributed by atoms with Crippen LogP contribution >= 0.6 is 0 Å². The first-order chi connectivity index (χ1) is 11.2. The Morgan fingerprint density at radius 1 is 1.22 bits per heavy atom. The first kappa shape index (κ1) is 16.2. The Hall–Kier alpha value is -1.62. The van der Waals surface area contributed by atoms with Gasteiger partial charge in [0.15, 0.2) is 0 Å². The zero-order chi connectivity index (χ0) is 16.1. The van der Waals surface area contributed by atoms with Gasteiger partial charge in [-0.2, -0.15) is 0 Å². The van der Waals surface area contributed by atoms with Crippen molar-refractivity contribution in [2.24, 2.45) is 5.92 Å². The number of carboxylic acid groups (broad SMARTS) is 1. The van der Waals surface area contributed by atoms with Crippen LogP contribution < -0.4 is 10.1 Å². The van der Waals surface area contributed by atoms with Gasteiger partial charge in [0.25, 0.3) is 0 Å². The molecule has 2 aliphatic carbocycles. The fourth-order valence-corrected chi connectivity index (χ4v) is 3.63. The summed E-state index contributed by atoms with van der Waals surface area (Å²) in [5.74, 6) is -0.0539. The predicted octanol–water partition coefficient (Wildman–Crippen LogP) is 3.14. The Bertz CT molecular complexity index is 521. The van der Waals surface area contributed by atoms with E-state index in [1.165, 1.54) is 12.8 Å². The van der Waals surface area contributed by atoms with E-state index in [2.05, 4.69) is 16.4 Å². The van der Waals surface area contributed by atoms with Gasteiger partial charge < -0.3 is 15.2 Å². The molecular weight excluding hydrogens is 292 g/mol. The molecule has 0 aliphatic heterocycles. The van der Waals surface area contributed by atoms with Gasteiger partial charge in [0.1, 0.15) is 6.10 Å². The van der Waals surface area contributed by atoms with E-state index < -0.39 is 5.97 Å². The second kappa shape index (κ2) is 7.77. The van der Waals surface area contributed by atoms with Crippen molar-refractivity contribution < 1.29 is 14.6 Å². The molecule has 5 heteroatoms. The van der Waals surface area contributed by atoms with Crippen molar-refractivity contribution in [3.05, 3.63) is 23.9 Å². The third-order valence-electron chi connectivity index (χ3n) is 5.09. The minimum Gasteiger partial charge on any atom is -0.481 e. The van der Waals surface area contributed by atoms with Gasteiger partial charge in [-0.15, -0.1) is 0 Å². The summed E-state index contributed by atoms with van der Waals surface area (Å²) in [5.41, 5.74) is 1.10. The largest absolute Gasteiger partial charge is 0.481 e. The zero-order valence-electron chi connectivity index (χ0n) is 13.5. The first-order valence-corrected chi connectivity index (χ1v) is 8.79. The maximum absolute atomic E-state index is 11.0. The number of carbonyl (C=O) groups is 1. The van der Waals surface area contributed by atoms with Crippen molar-refractivity contribution in [1.82, 2.24) is 10.3 Å². The van der Waals surface area contributed by atoms with Gasteiger partial charge in [0.05, 0.1) is 5.92 Å².